The SMILES string of the molecule is O=[N+]([O-])c1ccc(C2=NSC3=NCC(C4CCCCC4)=NN32)cc1. The van der Waals surface area contributed by atoms with E-state index in [1.165, 1.54) is 56.2 Å². The average molecular weight is 343 g/mol. The summed E-state index contributed by atoms with van der Waals surface area (Å²) in [5.41, 5.74) is 2.02. The maximum atomic E-state index is 10.8. The molecule has 1 fully saturated rings. The Hall–Kier alpha value is -2.22. The molecule has 24 heavy (non-hydrogen) atoms. The zero-order valence-corrected chi connectivity index (χ0v) is 13.9. The normalized spacial score (nSPS) is 21.0. The number of hydrogen-bond donors (Lipinski definition) is 0. The number of non-ortho nitro benzene ring substituents is 1. The van der Waals surface area contributed by atoms with Gasteiger partial charge in [0.25, 0.3) is 5.69 Å². The van der Waals surface area contributed by atoms with E-state index in [0.717, 1.165) is 16.4 Å². The summed E-state index contributed by atoms with van der Waals surface area (Å²) in [6.07, 6.45) is 6.22. The molecular weight excluding hydrogens is 326 g/mol. The molecule has 0 aromatic heterocycles. The van der Waals surface area contributed by atoms with E-state index in [9.17, 15) is 10.1 Å². The fourth-order valence-corrected chi connectivity index (χ4v) is 3.98. The van der Waals surface area contributed by atoms with Crippen molar-refractivity contribution in [2.45, 2.75) is 32.1 Å². The third kappa shape index (κ3) is 2.82. The number of nitrogens with zero attached hydrogens (tertiary/aromatic N) is 5. The molecule has 0 spiro atoms. The monoisotopic (exact) mass is 343 g/mol. The smallest absolute Gasteiger partial charge is 0.258 e. The lowest BCUT2D eigenvalue weighted by Gasteiger charge is -2.27. The van der Waals surface area contributed by atoms with E-state index in [4.69, 9.17) is 5.10 Å². The molecule has 0 N–H and O–H groups in total. The fraction of sp³-hybridized carbons (Fsp3) is 0.438. The average Bonchev–Trinajstić information content (AvgIpc) is 3.05. The molecule has 1 aliphatic carbocycles. The van der Waals surface area contributed by atoms with Gasteiger partial charge in [-0.25, -0.2) is 0 Å². The third-order valence-corrected chi connectivity index (χ3v) is 5.34. The van der Waals surface area contributed by atoms with Gasteiger partial charge in [0.1, 0.15) is 0 Å². The van der Waals surface area contributed by atoms with E-state index >= 15 is 0 Å². The number of benzene rings is 1. The highest BCUT2D eigenvalue weighted by atomic mass is 32.2. The number of nitro benzene ring substituents is 1. The zero-order chi connectivity index (χ0) is 16.5. The van der Waals surface area contributed by atoms with Crippen LogP contribution in [0.4, 0.5) is 5.69 Å². The van der Waals surface area contributed by atoms with Crippen LogP contribution in [0.5, 0.6) is 0 Å². The molecule has 1 aromatic carbocycles. The largest absolute Gasteiger partial charge is 0.269 e. The second kappa shape index (κ2) is 6.35. The van der Waals surface area contributed by atoms with Crippen molar-refractivity contribution in [3.05, 3.63) is 39.9 Å². The van der Waals surface area contributed by atoms with Crippen molar-refractivity contribution in [1.82, 2.24) is 5.01 Å². The van der Waals surface area contributed by atoms with Crippen LogP contribution in [0.3, 0.4) is 0 Å². The van der Waals surface area contributed by atoms with Crippen LogP contribution in [0.1, 0.15) is 37.7 Å². The summed E-state index contributed by atoms with van der Waals surface area (Å²) >= 11 is 1.31. The lowest BCUT2D eigenvalue weighted by molar-refractivity contribution is -0.384. The Labute approximate surface area is 143 Å². The topological polar surface area (TPSA) is 83.5 Å². The molecule has 1 aromatic rings. The van der Waals surface area contributed by atoms with E-state index in [1.54, 1.807) is 17.1 Å². The molecule has 2 heterocycles. The molecule has 1 saturated carbocycles. The van der Waals surface area contributed by atoms with Crippen LogP contribution in [0.25, 0.3) is 0 Å². The van der Waals surface area contributed by atoms with E-state index in [0.29, 0.717) is 18.3 Å². The molecular formula is C16H17N5O2S. The first-order valence-corrected chi connectivity index (χ1v) is 8.91. The predicted molar refractivity (Wildman–Crippen MR) is 95.4 cm³/mol. The Morgan fingerprint density at radius 2 is 1.92 bits per heavy atom. The van der Waals surface area contributed by atoms with Gasteiger partial charge in [0.2, 0.25) is 5.17 Å². The number of hydrazone groups is 1. The summed E-state index contributed by atoms with van der Waals surface area (Å²) in [7, 11) is 0. The number of nitro groups is 1. The maximum absolute atomic E-state index is 10.8. The van der Waals surface area contributed by atoms with Crippen LogP contribution in [0.2, 0.25) is 0 Å². The Bertz CT molecular complexity index is 750. The summed E-state index contributed by atoms with van der Waals surface area (Å²) in [4.78, 5) is 15.0. The van der Waals surface area contributed by atoms with Crippen molar-refractivity contribution in [3.63, 3.8) is 0 Å². The molecule has 0 saturated heterocycles. The van der Waals surface area contributed by atoms with Crippen LogP contribution in [0, 0.1) is 16.0 Å². The van der Waals surface area contributed by atoms with E-state index < -0.39 is 4.92 Å². The molecule has 0 atom stereocenters. The molecule has 124 valence electrons. The van der Waals surface area contributed by atoms with E-state index in [2.05, 4.69) is 9.39 Å². The van der Waals surface area contributed by atoms with E-state index in [1.807, 2.05) is 0 Å². The van der Waals surface area contributed by atoms with Crippen LogP contribution in [0.15, 0.2) is 38.8 Å². The highest BCUT2D eigenvalue weighted by molar-refractivity contribution is 8.13. The molecule has 0 unspecified atom stereocenters. The molecule has 7 nitrogen and oxygen atoms in total. The van der Waals surface area contributed by atoms with Crippen molar-refractivity contribution in [2.24, 2.45) is 20.4 Å². The van der Waals surface area contributed by atoms with Crippen molar-refractivity contribution >= 4 is 34.4 Å². The quantitative estimate of drug-likeness (QED) is 0.477. The Morgan fingerprint density at radius 1 is 1.17 bits per heavy atom. The van der Waals surface area contributed by atoms with Crippen LogP contribution in [-0.4, -0.2) is 33.2 Å². The van der Waals surface area contributed by atoms with Gasteiger partial charge in [-0.3, -0.25) is 15.1 Å². The first-order valence-electron chi connectivity index (χ1n) is 8.14. The van der Waals surface area contributed by atoms with Gasteiger partial charge in [0.15, 0.2) is 5.84 Å². The first kappa shape index (κ1) is 15.3. The molecule has 8 heteroatoms. The minimum Gasteiger partial charge on any atom is -0.258 e. The lowest BCUT2D eigenvalue weighted by atomic mass is 9.85. The zero-order valence-electron chi connectivity index (χ0n) is 13.1. The van der Waals surface area contributed by atoms with Crippen LogP contribution >= 0.6 is 11.9 Å². The summed E-state index contributed by atoms with van der Waals surface area (Å²) in [6.45, 7) is 0.659. The Morgan fingerprint density at radius 3 is 2.62 bits per heavy atom. The fourth-order valence-electron chi connectivity index (χ4n) is 3.30. The van der Waals surface area contributed by atoms with Gasteiger partial charge in [0, 0.05) is 23.6 Å². The summed E-state index contributed by atoms with van der Waals surface area (Å²) in [5, 5.41) is 18.2. The Balaban J connectivity index is 1.58. The van der Waals surface area contributed by atoms with Gasteiger partial charge in [-0.15, -0.1) is 0 Å². The van der Waals surface area contributed by atoms with E-state index in [-0.39, 0.29) is 5.69 Å². The second-order valence-corrected chi connectivity index (χ2v) is 6.88. The molecule has 3 aliphatic rings. The molecule has 4 rings (SSSR count). The summed E-state index contributed by atoms with van der Waals surface area (Å²) in [6, 6.07) is 6.41. The van der Waals surface area contributed by atoms with Crippen molar-refractivity contribution in [2.75, 3.05) is 6.54 Å². The maximum Gasteiger partial charge on any atom is 0.269 e. The summed E-state index contributed by atoms with van der Waals surface area (Å²) in [5.74, 6) is 1.22. The highest BCUT2D eigenvalue weighted by Gasteiger charge is 2.31. The standard InChI is InChI=1S/C16H17N5O2S/c22-21(23)13-8-6-12(7-9-13)15-19-24-16-17-10-14(18-20(15)16)11-4-2-1-3-5-11/h6-9,11H,1-5,10H2. The van der Waals surface area contributed by atoms with Crippen LogP contribution in [-0.2, 0) is 0 Å². The van der Waals surface area contributed by atoms with Crippen LogP contribution < -0.4 is 0 Å². The second-order valence-electron chi connectivity index (χ2n) is 6.15. The number of amidine groups is 2. The third-order valence-electron chi connectivity index (χ3n) is 4.61. The van der Waals surface area contributed by atoms with Crippen molar-refractivity contribution in [1.29, 1.82) is 0 Å². The number of fused-ring (bicyclic) bond motifs is 1. The first-order chi connectivity index (χ1) is 11.7. The van der Waals surface area contributed by atoms with Gasteiger partial charge in [-0.05, 0) is 25.0 Å². The minimum atomic E-state index is -0.401. The predicted octanol–water partition coefficient (Wildman–Crippen LogP) is 3.61. The van der Waals surface area contributed by atoms with Gasteiger partial charge in [0.05, 0.1) is 29.1 Å². The summed E-state index contributed by atoms with van der Waals surface area (Å²) < 4.78 is 4.46. The lowest BCUT2D eigenvalue weighted by Crippen LogP contribution is -2.35. The number of rotatable bonds is 3. The van der Waals surface area contributed by atoms with Gasteiger partial charge >= 0.3 is 0 Å². The Kier molecular flexibility index (Phi) is 4.05. The number of aliphatic imine (C=N–C) groups is 1. The molecule has 0 radical (unpaired) electrons. The molecule has 0 amide bonds. The van der Waals surface area contributed by atoms with Gasteiger partial charge in [-0.1, -0.05) is 19.3 Å². The molecule has 2 aliphatic heterocycles. The highest BCUT2D eigenvalue weighted by Crippen LogP contribution is 2.31. The molecule has 0 bridgehead atoms. The van der Waals surface area contributed by atoms with Crippen molar-refractivity contribution < 1.29 is 4.92 Å². The van der Waals surface area contributed by atoms with Gasteiger partial charge < -0.3 is 0 Å². The van der Waals surface area contributed by atoms with Crippen molar-refractivity contribution in [3.8, 4) is 0 Å². The van der Waals surface area contributed by atoms with Gasteiger partial charge in [-0.2, -0.15) is 14.5 Å². The number of hydrogen-bond acceptors (Lipinski definition) is 7. The minimum absolute atomic E-state index is 0.0731.